The standard InChI is InChI=1S/C20H19NO4S/c1-24-17-11-7-15(8-12-17)16-9-13-18(14-10-16)26(22,23)21-19-5-3-4-6-20(19)25-2/h3-14,21H,1-2H3. The van der Waals surface area contributed by atoms with E-state index in [4.69, 9.17) is 9.47 Å². The number of methoxy groups -OCH3 is 2. The fraction of sp³-hybridized carbons (Fsp3) is 0.100. The van der Waals surface area contributed by atoms with Gasteiger partial charge in [0.2, 0.25) is 0 Å². The Morgan fingerprint density at radius 1 is 0.731 bits per heavy atom. The average molecular weight is 369 g/mol. The largest absolute Gasteiger partial charge is 0.497 e. The number of rotatable bonds is 6. The summed E-state index contributed by atoms with van der Waals surface area (Å²) in [5.41, 5.74) is 2.30. The molecule has 0 saturated heterocycles. The smallest absolute Gasteiger partial charge is 0.262 e. The van der Waals surface area contributed by atoms with Gasteiger partial charge in [-0.1, -0.05) is 36.4 Å². The van der Waals surface area contributed by atoms with Gasteiger partial charge in [-0.25, -0.2) is 8.42 Å². The Labute approximate surface area is 153 Å². The highest BCUT2D eigenvalue weighted by Crippen LogP contribution is 2.27. The zero-order valence-corrected chi connectivity index (χ0v) is 15.3. The lowest BCUT2D eigenvalue weighted by Crippen LogP contribution is -2.13. The minimum Gasteiger partial charge on any atom is -0.497 e. The Bertz CT molecular complexity index is 981. The molecule has 3 aromatic rings. The number of para-hydroxylation sites is 2. The molecule has 6 heteroatoms. The van der Waals surface area contributed by atoms with Crippen LogP contribution in [-0.4, -0.2) is 22.6 Å². The van der Waals surface area contributed by atoms with Gasteiger partial charge in [0.1, 0.15) is 11.5 Å². The maximum Gasteiger partial charge on any atom is 0.262 e. The number of hydrogen-bond acceptors (Lipinski definition) is 4. The van der Waals surface area contributed by atoms with Crippen LogP contribution in [0.3, 0.4) is 0 Å². The van der Waals surface area contributed by atoms with Gasteiger partial charge in [-0.15, -0.1) is 0 Å². The Kier molecular flexibility index (Phi) is 5.14. The van der Waals surface area contributed by atoms with Gasteiger partial charge in [-0.05, 0) is 47.5 Å². The molecule has 0 fully saturated rings. The Morgan fingerprint density at radius 3 is 1.88 bits per heavy atom. The average Bonchev–Trinajstić information content (AvgIpc) is 2.68. The van der Waals surface area contributed by atoms with Gasteiger partial charge in [0.25, 0.3) is 10.0 Å². The number of hydrogen-bond donors (Lipinski definition) is 1. The van der Waals surface area contributed by atoms with Crippen molar-refractivity contribution in [3.63, 3.8) is 0 Å². The third-order valence-corrected chi connectivity index (χ3v) is 5.32. The summed E-state index contributed by atoms with van der Waals surface area (Å²) in [6, 6.07) is 21.2. The number of ether oxygens (including phenoxy) is 2. The first-order chi connectivity index (χ1) is 12.5. The van der Waals surface area contributed by atoms with E-state index in [-0.39, 0.29) is 4.90 Å². The van der Waals surface area contributed by atoms with Gasteiger partial charge in [0.05, 0.1) is 24.8 Å². The van der Waals surface area contributed by atoms with E-state index < -0.39 is 10.0 Å². The van der Waals surface area contributed by atoms with Crippen molar-refractivity contribution in [3.8, 4) is 22.6 Å². The highest BCUT2D eigenvalue weighted by atomic mass is 32.2. The topological polar surface area (TPSA) is 64.6 Å². The molecule has 0 bridgehead atoms. The molecular weight excluding hydrogens is 350 g/mol. The molecule has 0 saturated carbocycles. The van der Waals surface area contributed by atoms with Crippen molar-refractivity contribution in [2.24, 2.45) is 0 Å². The van der Waals surface area contributed by atoms with Gasteiger partial charge in [-0.2, -0.15) is 0 Å². The summed E-state index contributed by atoms with van der Waals surface area (Å²) in [4.78, 5) is 0.181. The quantitative estimate of drug-likeness (QED) is 0.708. The Morgan fingerprint density at radius 2 is 1.31 bits per heavy atom. The molecule has 0 aliphatic rings. The maximum absolute atomic E-state index is 12.6. The van der Waals surface area contributed by atoms with Crippen LogP contribution in [0.15, 0.2) is 77.7 Å². The van der Waals surface area contributed by atoms with Gasteiger partial charge in [-0.3, -0.25) is 4.72 Å². The van der Waals surface area contributed by atoms with Crippen LogP contribution in [0, 0.1) is 0 Å². The molecule has 0 unspecified atom stereocenters. The van der Waals surface area contributed by atoms with Crippen molar-refractivity contribution in [2.75, 3.05) is 18.9 Å². The van der Waals surface area contributed by atoms with Gasteiger partial charge in [0, 0.05) is 0 Å². The predicted octanol–water partition coefficient (Wildman–Crippen LogP) is 4.17. The van der Waals surface area contributed by atoms with E-state index in [0.717, 1.165) is 16.9 Å². The second-order valence-corrected chi connectivity index (χ2v) is 7.24. The maximum atomic E-state index is 12.6. The second-order valence-electron chi connectivity index (χ2n) is 5.56. The van der Waals surface area contributed by atoms with Crippen LogP contribution in [0.5, 0.6) is 11.5 Å². The minimum absolute atomic E-state index is 0.181. The predicted molar refractivity (Wildman–Crippen MR) is 102 cm³/mol. The first kappa shape index (κ1) is 17.8. The van der Waals surface area contributed by atoms with E-state index >= 15 is 0 Å². The van der Waals surface area contributed by atoms with E-state index in [9.17, 15) is 8.42 Å². The highest BCUT2D eigenvalue weighted by Gasteiger charge is 2.16. The van der Waals surface area contributed by atoms with Crippen molar-refractivity contribution in [1.29, 1.82) is 0 Å². The van der Waals surface area contributed by atoms with Gasteiger partial charge < -0.3 is 9.47 Å². The molecule has 1 N–H and O–H groups in total. The first-order valence-corrected chi connectivity index (χ1v) is 9.42. The highest BCUT2D eigenvalue weighted by molar-refractivity contribution is 7.92. The number of anilines is 1. The van der Waals surface area contributed by atoms with E-state index in [1.807, 2.05) is 24.3 Å². The van der Waals surface area contributed by atoms with Crippen molar-refractivity contribution in [1.82, 2.24) is 0 Å². The summed E-state index contributed by atoms with van der Waals surface area (Å²) < 4.78 is 38.1. The molecule has 5 nitrogen and oxygen atoms in total. The molecular formula is C20H19NO4S. The van der Waals surface area contributed by atoms with Crippen LogP contribution in [0.25, 0.3) is 11.1 Å². The van der Waals surface area contributed by atoms with E-state index in [0.29, 0.717) is 11.4 Å². The van der Waals surface area contributed by atoms with E-state index in [2.05, 4.69) is 4.72 Å². The molecule has 0 spiro atoms. The fourth-order valence-electron chi connectivity index (χ4n) is 2.54. The lowest BCUT2D eigenvalue weighted by molar-refractivity contribution is 0.415. The van der Waals surface area contributed by atoms with Crippen LogP contribution in [0.4, 0.5) is 5.69 Å². The Hall–Kier alpha value is -2.99. The zero-order valence-electron chi connectivity index (χ0n) is 14.5. The second kappa shape index (κ2) is 7.49. The summed E-state index contributed by atoms with van der Waals surface area (Å²) >= 11 is 0. The summed E-state index contributed by atoms with van der Waals surface area (Å²) in [5, 5.41) is 0. The van der Waals surface area contributed by atoms with Crippen LogP contribution in [0.2, 0.25) is 0 Å². The molecule has 0 atom stereocenters. The molecule has 134 valence electrons. The zero-order chi connectivity index (χ0) is 18.6. The van der Waals surface area contributed by atoms with Crippen LogP contribution in [0.1, 0.15) is 0 Å². The van der Waals surface area contributed by atoms with Crippen molar-refractivity contribution in [2.45, 2.75) is 4.90 Å². The van der Waals surface area contributed by atoms with Gasteiger partial charge in [0.15, 0.2) is 0 Å². The molecule has 0 aromatic heterocycles. The number of sulfonamides is 1. The van der Waals surface area contributed by atoms with Crippen LogP contribution in [-0.2, 0) is 10.0 Å². The molecule has 0 aliphatic carbocycles. The summed E-state index contributed by atoms with van der Waals surface area (Å²) in [6.07, 6.45) is 0. The lowest BCUT2D eigenvalue weighted by atomic mass is 10.1. The molecule has 0 heterocycles. The molecule has 26 heavy (non-hydrogen) atoms. The van der Waals surface area contributed by atoms with E-state index in [1.54, 1.807) is 55.6 Å². The lowest BCUT2D eigenvalue weighted by Gasteiger charge is -2.12. The summed E-state index contributed by atoms with van der Waals surface area (Å²) in [5.74, 6) is 1.24. The van der Waals surface area contributed by atoms with Crippen molar-refractivity contribution in [3.05, 3.63) is 72.8 Å². The monoisotopic (exact) mass is 369 g/mol. The number of nitrogens with one attached hydrogen (secondary N) is 1. The summed E-state index contributed by atoms with van der Waals surface area (Å²) in [7, 11) is -0.594. The van der Waals surface area contributed by atoms with Crippen molar-refractivity contribution >= 4 is 15.7 Å². The number of benzene rings is 3. The van der Waals surface area contributed by atoms with E-state index in [1.165, 1.54) is 7.11 Å². The van der Waals surface area contributed by atoms with Crippen LogP contribution < -0.4 is 14.2 Å². The first-order valence-electron chi connectivity index (χ1n) is 7.94. The molecule has 3 aromatic carbocycles. The SMILES string of the molecule is COc1ccc(-c2ccc(S(=O)(=O)Nc3ccccc3OC)cc2)cc1. The van der Waals surface area contributed by atoms with Gasteiger partial charge >= 0.3 is 0 Å². The van der Waals surface area contributed by atoms with Crippen molar-refractivity contribution < 1.29 is 17.9 Å². The van der Waals surface area contributed by atoms with Crippen LogP contribution >= 0.6 is 0 Å². The molecule has 0 radical (unpaired) electrons. The summed E-state index contributed by atoms with van der Waals surface area (Å²) in [6.45, 7) is 0. The third-order valence-electron chi connectivity index (χ3n) is 3.94. The minimum atomic E-state index is -3.71. The molecule has 0 aliphatic heterocycles. The molecule has 3 rings (SSSR count). The fourth-order valence-corrected chi connectivity index (χ4v) is 3.61. The molecule has 0 amide bonds. The Balaban J connectivity index is 1.84. The normalized spacial score (nSPS) is 11.0. The third kappa shape index (κ3) is 3.81.